The zero-order valence-corrected chi connectivity index (χ0v) is 16.4. The van der Waals surface area contributed by atoms with Gasteiger partial charge in [0.15, 0.2) is 0 Å². The van der Waals surface area contributed by atoms with Crippen molar-refractivity contribution >= 4 is 11.7 Å². The number of aromatic hydroxyl groups is 1. The fraction of sp³-hybridized carbons (Fsp3) is 0.571. The van der Waals surface area contributed by atoms with Crippen LogP contribution in [-0.4, -0.2) is 29.8 Å². The van der Waals surface area contributed by atoms with Crippen molar-refractivity contribution in [2.45, 2.75) is 54.0 Å². The Labute approximate surface area is 150 Å². The van der Waals surface area contributed by atoms with Crippen LogP contribution < -0.4 is 0 Å². The van der Waals surface area contributed by atoms with Gasteiger partial charge in [0.2, 0.25) is 5.90 Å². The van der Waals surface area contributed by atoms with Gasteiger partial charge in [0.1, 0.15) is 18.1 Å². The van der Waals surface area contributed by atoms with E-state index in [0.29, 0.717) is 24.7 Å². The van der Waals surface area contributed by atoms with Gasteiger partial charge in [-0.3, -0.25) is 0 Å². The number of hydrogen-bond acceptors (Lipinski definition) is 4. The van der Waals surface area contributed by atoms with E-state index in [4.69, 9.17) is 9.47 Å². The molecule has 4 nitrogen and oxygen atoms in total. The van der Waals surface area contributed by atoms with Crippen molar-refractivity contribution in [3.63, 3.8) is 0 Å². The molecule has 0 atom stereocenters. The van der Waals surface area contributed by atoms with Crippen molar-refractivity contribution in [1.29, 1.82) is 0 Å². The van der Waals surface area contributed by atoms with Crippen molar-refractivity contribution in [3.05, 3.63) is 34.9 Å². The van der Waals surface area contributed by atoms with E-state index in [2.05, 4.69) is 39.6 Å². The lowest BCUT2D eigenvalue weighted by atomic mass is 9.71. The topological polar surface area (TPSA) is 51.0 Å². The minimum Gasteiger partial charge on any atom is -0.507 e. The third-order valence-corrected chi connectivity index (χ3v) is 4.69. The van der Waals surface area contributed by atoms with Crippen LogP contribution in [0.3, 0.4) is 0 Å². The summed E-state index contributed by atoms with van der Waals surface area (Å²) >= 11 is 0. The second-order valence-corrected chi connectivity index (χ2v) is 9.38. The summed E-state index contributed by atoms with van der Waals surface area (Å²) in [7, 11) is 0. The Morgan fingerprint density at radius 2 is 1.72 bits per heavy atom. The van der Waals surface area contributed by atoms with Crippen LogP contribution in [0.4, 0.5) is 0 Å². The van der Waals surface area contributed by atoms with Gasteiger partial charge in [0.25, 0.3) is 0 Å². The Morgan fingerprint density at radius 1 is 1.04 bits per heavy atom. The lowest BCUT2D eigenvalue weighted by molar-refractivity contribution is 0.213. The quantitative estimate of drug-likeness (QED) is 0.842. The molecular weight excluding hydrogens is 314 g/mol. The van der Waals surface area contributed by atoms with Gasteiger partial charge in [0.05, 0.1) is 17.7 Å². The summed E-state index contributed by atoms with van der Waals surface area (Å²) in [5, 5.41) is 10.6. The van der Waals surface area contributed by atoms with Gasteiger partial charge < -0.3 is 14.6 Å². The van der Waals surface area contributed by atoms with Crippen LogP contribution in [0, 0.1) is 10.8 Å². The Bertz CT molecular complexity index is 764. The molecule has 0 aromatic heterocycles. The van der Waals surface area contributed by atoms with Crippen molar-refractivity contribution in [3.8, 4) is 5.75 Å². The van der Waals surface area contributed by atoms with E-state index in [0.717, 1.165) is 11.3 Å². The average Bonchev–Trinajstić information content (AvgIpc) is 2.97. The molecule has 2 aliphatic rings. The van der Waals surface area contributed by atoms with Crippen LogP contribution in [0.15, 0.2) is 28.8 Å². The summed E-state index contributed by atoms with van der Waals surface area (Å²) in [6, 6.07) is 5.61. The molecule has 0 fully saturated rings. The van der Waals surface area contributed by atoms with E-state index in [1.54, 1.807) is 6.07 Å². The summed E-state index contributed by atoms with van der Waals surface area (Å²) < 4.78 is 11.7. The largest absolute Gasteiger partial charge is 0.507 e. The summed E-state index contributed by atoms with van der Waals surface area (Å²) in [5.41, 5.74) is 2.53. The molecular formula is C21H29NO3. The average molecular weight is 343 g/mol. The summed E-state index contributed by atoms with van der Waals surface area (Å²) in [4.78, 5) is 4.55. The third-order valence-electron chi connectivity index (χ3n) is 4.69. The molecule has 1 aromatic rings. The highest BCUT2D eigenvalue weighted by atomic mass is 16.5. The van der Waals surface area contributed by atoms with E-state index >= 15 is 0 Å². The van der Waals surface area contributed by atoms with Crippen LogP contribution in [0.2, 0.25) is 0 Å². The smallest absolute Gasteiger partial charge is 0.220 e. The minimum absolute atomic E-state index is 0.00764. The van der Waals surface area contributed by atoms with Crippen LogP contribution in [-0.2, 0) is 9.47 Å². The number of benzene rings is 1. The van der Waals surface area contributed by atoms with Gasteiger partial charge >= 0.3 is 0 Å². The molecule has 0 radical (unpaired) electrons. The molecule has 0 saturated carbocycles. The Kier molecular flexibility index (Phi) is 3.94. The molecule has 1 N–H and O–H groups in total. The minimum atomic E-state index is -0.249. The molecule has 25 heavy (non-hydrogen) atoms. The van der Waals surface area contributed by atoms with Crippen LogP contribution in [0.5, 0.6) is 5.75 Å². The standard InChI is InChI=1S/C21H29NO3/c1-19(2,3)17-16(24-11-20(17,4)5)13-8-9-14(15(23)10-13)18-22-21(6,7)12-25-18/h8-10,23H,11-12H2,1-7H3. The number of rotatable bonds is 2. The maximum Gasteiger partial charge on any atom is 0.220 e. The number of phenolic OH excluding ortho intramolecular Hbond substituents is 1. The van der Waals surface area contributed by atoms with Gasteiger partial charge in [-0.15, -0.1) is 0 Å². The van der Waals surface area contributed by atoms with Gasteiger partial charge in [-0.25, -0.2) is 4.99 Å². The molecule has 2 aliphatic heterocycles. The molecule has 1 aromatic carbocycles. The zero-order valence-electron chi connectivity index (χ0n) is 16.4. The Hall–Kier alpha value is -1.97. The number of aliphatic imine (C=N–C) groups is 1. The van der Waals surface area contributed by atoms with Crippen molar-refractivity contribution in [2.24, 2.45) is 15.8 Å². The van der Waals surface area contributed by atoms with Crippen molar-refractivity contribution in [1.82, 2.24) is 0 Å². The van der Waals surface area contributed by atoms with Crippen LogP contribution >= 0.6 is 0 Å². The predicted molar refractivity (Wildman–Crippen MR) is 101 cm³/mol. The van der Waals surface area contributed by atoms with Gasteiger partial charge in [-0.2, -0.15) is 0 Å². The lowest BCUT2D eigenvalue weighted by Gasteiger charge is -2.30. The van der Waals surface area contributed by atoms with Crippen molar-refractivity contribution in [2.75, 3.05) is 13.2 Å². The van der Waals surface area contributed by atoms with E-state index in [1.807, 2.05) is 26.0 Å². The predicted octanol–water partition coefficient (Wildman–Crippen LogP) is 4.76. The molecule has 3 rings (SSSR count). The highest BCUT2D eigenvalue weighted by Gasteiger charge is 2.41. The molecule has 0 spiro atoms. The van der Waals surface area contributed by atoms with E-state index < -0.39 is 0 Å². The monoisotopic (exact) mass is 343 g/mol. The van der Waals surface area contributed by atoms with Gasteiger partial charge in [-0.1, -0.05) is 40.7 Å². The van der Waals surface area contributed by atoms with E-state index in [1.165, 1.54) is 5.57 Å². The van der Waals surface area contributed by atoms with E-state index in [9.17, 15) is 5.11 Å². The SMILES string of the molecule is CC1(C)COC(c2ccc(C3=C(C(C)(C)C)C(C)(C)CO3)cc2O)=N1. The molecule has 0 amide bonds. The number of phenols is 1. The maximum atomic E-state index is 10.6. The maximum absolute atomic E-state index is 10.6. The number of hydrogen-bond donors (Lipinski definition) is 1. The number of nitrogens with zero attached hydrogens (tertiary/aromatic N) is 1. The lowest BCUT2D eigenvalue weighted by Crippen LogP contribution is -2.24. The fourth-order valence-electron chi connectivity index (χ4n) is 3.86. The highest BCUT2D eigenvalue weighted by Crippen LogP contribution is 2.49. The molecule has 136 valence electrons. The molecule has 2 heterocycles. The van der Waals surface area contributed by atoms with E-state index in [-0.39, 0.29) is 22.1 Å². The second-order valence-electron chi connectivity index (χ2n) is 9.38. The third kappa shape index (κ3) is 3.26. The second kappa shape index (κ2) is 5.52. The molecule has 0 bridgehead atoms. The summed E-state index contributed by atoms with van der Waals surface area (Å²) in [5.74, 6) is 1.56. The van der Waals surface area contributed by atoms with Gasteiger partial charge in [0, 0.05) is 11.0 Å². The summed E-state index contributed by atoms with van der Waals surface area (Å²) in [6.45, 7) is 16.2. The number of ether oxygens (including phenoxy) is 2. The first-order chi connectivity index (χ1) is 11.4. The molecule has 0 aliphatic carbocycles. The molecule has 0 unspecified atom stereocenters. The van der Waals surface area contributed by atoms with Gasteiger partial charge in [-0.05, 0) is 37.0 Å². The zero-order chi connectivity index (χ0) is 18.6. The first kappa shape index (κ1) is 17.8. The first-order valence-electron chi connectivity index (χ1n) is 8.85. The highest BCUT2D eigenvalue weighted by molar-refractivity contribution is 5.98. The first-order valence-corrected chi connectivity index (χ1v) is 8.85. The van der Waals surface area contributed by atoms with Crippen LogP contribution in [0.1, 0.15) is 59.6 Å². The van der Waals surface area contributed by atoms with Crippen molar-refractivity contribution < 1.29 is 14.6 Å². The normalized spacial score (nSPS) is 21.8. The Balaban J connectivity index is 2.04. The Morgan fingerprint density at radius 3 is 2.24 bits per heavy atom. The van der Waals surface area contributed by atoms with Crippen LogP contribution in [0.25, 0.3) is 5.76 Å². The fourth-order valence-corrected chi connectivity index (χ4v) is 3.86. The summed E-state index contributed by atoms with van der Waals surface area (Å²) in [6.07, 6.45) is 0. The molecule has 0 saturated heterocycles. The molecule has 4 heteroatoms.